The van der Waals surface area contributed by atoms with Crippen molar-refractivity contribution in [1.29, 1.82) is 0 Å². The van der Waals surface area contributed by atoms with Crippen molar-refractivity contribution < 1.29 is 50.9 Å². The number of rotatable bonds is 4. The molecule has 1 heterocycles. The van der Waals surface area contributed by atoms with Gasteiger partial charge in [0.1, 0.15) is 0 Å². The van der Waals surface area contributed by atoms with Gasteiger partial charge >= 0.3 is 29.6 Å². The largest absolute Gasteiger partial charge is 1.00 e. The minimum atomic E-state index is -4.61. The summed E-state index contributed by atoms with van der Waals surface area (Å²) < 4.78 is 59.4. The molecule has 7 nitrogen and oxygen atoms in total. The Morgan fingerprint density at radius 3 is 1.95 bits per heavy atom. The Hall–Kier alpha value is -0.160. The molecule has 112 valence electrons. The van der Waals surface area contributed by atoms with Gasteiger partial charge in [0.15, 0.2) is 10.3 Å². The van der Waals surface area contributed by atoms with E-state index in [9.17, 15) is 21.4 Å². The average molecular weight is 342 g/mol. The van der Waals surface area contributed by atoms with Crippen molar-refractivity contribution in [1.82, 2.24) is 4.31 Å². The molecule has 0 spiro atoms. The molecule has 1 aromatic rings. The van der Waals surface area contributed by atoms with Gasteiger partial charge in [0.2, 0.25) is 10.0 Å². The van der Waals surface area contributed by atoms with Gasteiger partial charge in [-0.1, -0.05) is 6.42 Å². The number of hydrogen-bond acceptors (Lipinski definition) is 5. The van der Waals surface area contributed by atoms with Crippen molar-refractivity contribution in [2.45, 2.75) is 24.2 Å². The number of anilines is 1. The second kappa shape index (κ2) is 7.40. The standard InChI is InChI=1S/C11H16N2O5S2.Na/c14-19(15,13-8-2-1-3-9-13)11-6-4-10(5-7-11)12-20(16,17)18;/h4-7,12H,1-3,8-9H2,(H,16,17,18);/q;+1/p-1. The summed E-state index contributed by atoms with van der Waals surface area (Å²) >= 11 is 0. The molecule has 21 heavy (non-hydrogen) atoms. The number of benzene rings is 1. The summed E-state index contributed by atoms with van der Waals surface area (Å²) in [5.41, 5.74) is 0.0394. The zero-order valence-corrected chi connectivity index (χ0v) is 15.3. The van der Waals surface area contributed by atoms with E-state index >= 15 is 0 Å². The van der Waals surface area contributed by atoms with Crippen LogP contribution in [0.1, 0.15) is 19.3 Å². The molecule has 0 aliphatic carbocycles. The van der Waals surface area contributed by atoms with E-state index < -0.39 is 20.3 Å². The first-order valence-corrected chi connectivity index (χ1v) is 8.98. The Balaban J connectivity index is 0.00000220. The molecule has 1 saturated heterocycles. The van der Waals surface area contributed by atoms with Crippen LogP contribution in [0.2, 0.25) is 0 Å². The minimum Gasteiger partial charge on any atom is -0.731 e. The third kappa shape index (κ3) is 5.20. The van der Waals surface area contributed by atoms with Crippen molar-refractivity contribution >= 4 is 26.0 Å². The molecular formula is C11H15N2NaO5S2. The maximum atomic E-state index is 12.3. The molecule has 0 radical (unpaired) electrons. The smallest absolute Gasteiger partial charge is 0.731 e. The molecule has 2 rings (SSSR count). The zero-order valence-electron chi connectivity index (χ0n) is 11.6. The van der Waals surface area contributed by atoms with Gasteiger partial charge in [0, 0.05) is 18.8 Å². The van der Waals surface area contributed by atoms with Crippen LogP contribution >= 0.6 is 0 Å². The van der Waals surface area contributed by atoms with E-state index in [1.807, 2.05) is 0 Å². The molecule has 0 bridgehead atoms. The summed E-state index contributed by atoms with van der Waals surface area (Å²) in [5, 5.41) is 0. The van der Waals surface area contributed by atoms with Gasteiger partial charge in [-0.3, -0.25) is 4.72 Å². The summed E-state index contributed by atoms with van der Waals surface area (Å²) in [6.45, 7) is 0.995. The van der Waals surface area contributed by atoms with Crippen molar-refractivity contribution in [3.8, 4) is 0 Å². The average Bonchev–Trinajstić information content (AvgIpc) is 2.38. The van der Waals surface area contributed by atoms with Crippen molar-refractivity contribution in [2.24, 2.45) is 0 Å². The first-order valence-electron chi connectivity index (χ1n) is 6.13. The number of piperidine rings is 1. The van der Waals surface area contributed by atoms with Gasteiger partial charge < -0.3 is 4.55 Å². The maximum absolute atomic E-state index is 12.3. The fraction of sp³-hybridized carbons (Fsp3) is 0.455. The molecule has 0 amide bonds. The van der Waals surface area contributed by atoms with Crippen LogP contribution in [0.5, 0.6) is 0 Å². The van der Waals surface area contributed by atoms with Crippen molar-refractivity contribution in [2.75, 3.05) is 17.8 Å². The molecule has 1 aliphatic heterocycles. The third-order valence-corrected chi connectivity index (χ3v) is 5.45. The Morgan fingerprint density at radius 1 is 0.952 bits per heavy atom. The fourth-order valence-electron chi connectivity index (χ4n) is 2.09. The topological polar surface area (TPSA) is 107 Å². The molecule has 1 N–H and O–H groups in total. The van der Waals surface area contributed by atoms with Crippen LogP contribution in [-0.2, 0) is 20.3 Å². The number of sulfonamides is 1. The van der Waals surface area contributed by atoms with Crippen LogP contribution in [0, 0.1) is 0 Å². The van der Waals surface area contributed by atoms with E-state index in [-0.39, 0.29) is 40.1 Å². The van der Waals surface area contributed by atoms with E-state index in [2.05, 4.69) is 0 Å². The Morgan fingerprint density at radius 2 is 1.48 bits per heavy atom. The fourth-order valence-corrected chi connectivity index (χ4v) is 4.04. The van der Waals surface area contributed by atoms with Crippen LogP contribution in [0.25, 0.3) is 0 Å². The first-order chi connectivity index (χ1) is 9.29. The maximum Gasteiger partial charge on any atom is 1.00 e. The molecule has 0 aromatic heterocycles. The molecule has 0 atom stereocenters. The van der Waals surface area contributed by atoms with Crippen LogP contribution in [-0.4, -0.2) is 38.8 Å². The zero-order chi connectivity index (χ0) is 14.8. The summed E-state index contributed by atoms with van der Waals surface area (Å²) in [5.74, 6) is 0. The molecular weight excluding hydrogens is 327 g/mol. The molecule has 0 unspecified atom stereocenters. The normalized spacial score (nSPS) is 17.0. The first kappa shape index (κ1) is 18.9. The van der Waals surface area contributed by atoms with Crippen molar-refractivity contribution in [3.05, 3.63) is 24.3 Å². The molecule has 1 aliphatic rings. The quantitative estimate of drug-likeness (QED) is 0.491. The molecule has 1 aromatic carbocycles. The van der Waals surface area contributed by atoms with E-state index in [1.54, 1.807) is 4.72 Å². The predicted molar refractivity (Wildman–Crippen MR) is 72.4 cm³/mol. The van der Waals surface area contributed by atoms with Crippen LogP contribution < -0.4 is 34.3 Å². The third-order valence-electron chi connectivity index (χ3n) is 3.05. The van der Waals surface area contributed by atoms with E-state index in [0.29, 0.717) is 13.1 Å². The van der Waals surface area contributed by atoms with E-state index in [1.165, 1.54) is 28.6 Å². The minimum absolute atomic E-state index is 0. The molecule has 0 saturated carbocycles. The molecule has 1 fully saturated rings. The van der Waals surface area contributed by atoms with Gasteiger partial charge in [-0.25, -0.2) is 16.8 Å². The second-order valence-corrected chi connectivity index (χ2v) is 7.60. The predicted octanol–water partition coefficient (Wildman–Crippen LogP) is -2.26. The SMILES string of the molecule is O=S(=O)([O-])Nc1ccc(S(=O)(=O)N2CCCCC2)cc1.[Na+]. The second-order valence-electron chi connectivity index (χ2n) is 4.55. The van der Waals surface area contributed by atoms with E-state index in [4.69, 9.17) is 0 Å². The van der Waals surface area contributed by atoms with Crippen molar-refractivity contribution in [3.63, 3.8) is 0 Å². The van der Waals surface area contributed by atoms with Gasteiger partial charge in [-0.2, -0.15) is 4.31 Å². The summed E-state index contributed by atoms with van der Waals surface area (Å²) in [6.07, 6.45) is 2.71. The van der Waals surface area contributed by atoms with Gasteiger partial charge in [0.25, 0.3) is 0 Å². The monoisotopic (exact) mass is 342 g/mol. The van der Waals surface area contributed by atoms with Crippen LogP contribution in [0.4, 0.5) is 5.69 Å². The van der Waals surface area contributed by atoms with Crippen LogP contribution in [0.3, 0.4) is 0 Å². The Labute approximate surface area is 146 Å². The van der Waals surface area contributed by atoms with Gasteiger partial charge in [-0.15, -0.1) is 0 Å². The van der Waals surface area contributed by atoms with Gasteiger partial charge in [-0.05, 0) is 37.1 Å². The number of nitrogens with zero attached hydrogens (tertiary/aromatic N) is 1. The van der Waals surface area contributed by atoms with Gasteiger partial charge in [0.05, 0.1) is 4.90 Å². The Bertz CT molecular complexity index is 667. The number of nitrogens with one attached hydrogen (secondary N) is 1. The summed E-state index contributed by atoms with van der Waals surface area (Å²) in [7, 11) is -8.15. The molecule has 10 heteroatoms. The summed E-state index contributed by atoms with van der Waals surface area (Å²) in [6, 6.07) is 5.09. The summed E-state index contributed by atoms with van der Waals surface area (Å²) in [4.78, 5) is 0.0910. The Kier molecular flexibility index (Phi) is 6.66. The number of hydrogen-bond donors (Lipinski definition) is 1. The van der Waals surface area contributed by atoms with E-state index in [0.717, 1.165) is 19.3 Å². The van der Waals surface area contributed by atoms with Crippen LogP contribution in [0.15, 0.2) is 29.2 Å².